The fourth-order valence-corrected chi connectivity index (χ4v) is 2.70. The van der Waals surface area contributed by atoms with Crippen molar-refractivity contribution in [2.45, 2.75) is 32.7 Å². The summed E-state index contributed by atoms with van der Waals surface area (Å²) in [7, 11) is 1.76. The van der Waals surface area contributed by atoms with Crippen LogP contribution in [0.4, 0.5) is 0 Å². The van der Waals surface area contributed by atoms with E-state index in [4.69, 9.17) is 4.74 Å². The summed E-state index contributed by atoms with van der Waals surface area (Å²) >= 11 is 0. The molecule has 1 fully saturated rings. The number of nitrogens with zero attached hydrogens (tertiary/aromatic N) is 1. The molecule has 1 aromatic rings. The minimum atomic E-state index is 0.413. The van der Waals surface area contributed by atoms with Crippen molar-refractivity contribution in [2.75, 3.05) is 33.3 Å². The Balaban J connectivity index is 2.27. The van der Waals surface area contributed by atoms with Crippen molar-refractivity contribution in [1.29, 1.82) is 0 Å². The third-order valence-electron chi connectivity index (χ3n) is 4.07. The first-order valence-corrected chi connectivity index (χ1v) is 7.26. The molecule has 19 heavy (non-hydrogen) atoms. The standard InChI is InChI=1S/C16H26N2O/c1-12(2)14-5-6-16(19-4)15(11-14)13(3)18-9-7-17-8-10-18/h5-6,11-13,17H,7-10H2,1-4H3/t13-/m1/s1. The number of piperazine rings is 1. The number of benzene rings is 1. The maximum atomic E-state index is 5.55. The molecular formula is C16H26N2O. The van der Waals surface area contributed by atoms with Gasteiger partial charge in [-0.1, -0.05) is 26.0 Å². The van der Waals surface area contributed by atoms with Crippen LogP contribution in [0, 0.1) is 0 Å². The van der Waals surface area contributed by atoms with Gasteiger partial charge in [0.15, 0.2) is 0 Å². The second kappa shape index (κ2) is 6.40. The van der Waals surface area contributed by atoms with E-state index in [2.05, 4.69) is 49.2 Å². The molecule has 1 aliphatic heterocycles. The summed E-state index contributed by atoms with van der Waals surface area (Å²) in [5.74, 6) is 1.57. The highest BCUT2D eigenvalue weighted by Crippen LogP contribution is 2.32. The number of ether oxygens (including phenoxy) is 1. The highest BCUT2D eigenvalue weighted by Gasteiger charge is 2.21. The maximum absolute atomic E-state index is 5.55. The van der Waals surface area contributed by atoms with E-state index in [0.717, 1.165) is 31.9 Å². The molecule has 1 saturated heterocycles. The first kappa shape index (κ1) is 14.4. The van der Waals surface area contributed by atoms with Crippen molar-refractivity contribution < 1.29 is 4.74 Å². The number of methoxy groups -OCH3 is 1. The number of nitrogens with one attached hydrogen (secondary N) is 1. The zero-order chi connectivity index (χ0) is 13.8. The smallest absolute Gasteiger partial charge is 0.123 e. The average molecular weight is 262 g/mol. The van der Waals surface area contributed by atoms with Crippen LogP contribution >= 0.6 is 0 Å². The number of rotatable bonds is 4. The van der Waals surface area contributed by atoms with Gasteiger partial charge in [-0.2, -0.15) is 0 Å². The van der Waals surface area contributed by atoms with Crippen molar-refractivity contribution in [3.63, 3.8) is 0 Å². The van der Waals surface area contributed by atoms with E-state index in [-0.39, 0.29) is 0 Å². The van der Waals surface area contributed by atoms with Crippen LogP contribution in [0.25, 0.3) is 0 Å². The molecular weight excluding hydrogens is 236 g/mol. The zero-order valence-corrected chi connectivity index (χ0v) is 12.6. The molecule has 0 spiro atoms. The van der Waals surface area contributed by atoms with Gasteiger partial charge in [0.1, 0.15) is 5.75 Å². The average Bonchev–Trinajstić information content (AvgIpc) is 2.46. The third-order valence-corrected chi connectivity index (χ3v) is 4.07. The Bertz CT molecular complexity index is 411. The van der Waals surface area contributed by atoms with E-state index < -0.39 is 0 Å². The molecule has 1 heterocycles. The van der Waals surface area contributed by atoms with Crippen LogP contribution < -0.4 is 10.1 Å². The Morgan fingerprint density at radius 2 is 1.84 bits per heavy atom. The molecule has 0 saturated carbocycles. The van der Waals surface area contributed by atoms with Gasteiger partial charge in [0.05, 0.1) is 7.11 Å². The van der Waals surface area contributed by atoms with E-state index in [9.17, 15) is 0 Å². The van der Waals surface area contributed by atoms with Gasteiger partial charge in [-0.15, -0.1) is 0 Å². The van der Waals surface area contributed by atoms with E-state index in [1.54, 1.807) is 7.11 Å². The van der Waals surface area contributed by atoms with E-state index in [1.165, 1.54) is 11.1 Å². The van der Waals surface area contributed by atoms with Gasteiger partial charge in [-0.05, 0) is 24.5 Å². The van der Waals surface area contributed by atoms with Gasteiger partial charge in [0, 0.05) is 37.8 Å². The predicted octanol–water partition coefficient (Wildman–Crippen LogP) is 2.78. The van der Waals surface area contributed by atoms with Crippen LogP contribution in [0.15, 0.2) is 18.2 Å². The topological polar surface area (TPSA) is 24.5 Å². The third kappa shape index (κ3) is 3.28. The molecule has 0 radical (unpaired) electrons. The van der Waals surface area contributed by atoms with Crippen LogP contribution in [0.1, 0.15) is 43.9 Å². The summed E-state index contributed by atoms with van der Waals surface area (Å²) in [5.41, 5.74) is 2.70. The molecule has 0 bridgehead atoms. The predicted molar refractivity (Wildman–Crippen MR) is 79.9 cm³/mol. The summed E-state index contributed by atoms with van der Waals surface area (Å²) < 4.78 is 5.55. The quantitative estimate of drug-likeness (QED) is 0.903. The molecule has 3 heteroatoms. The summed E-state index contributed by atoms with van der Waals surface area (Å²) in [6, 6.07) is 7.02. The lowest BCUT2D eigenvalue weighted by molar-refractivity contribution is 0.182. The van der Waals surface area contributed by atoms with Crippen molar-refractivity contribution in [3.05, 3.63) is 29.3 Å². The van der Waals surface area contributed by atoms with Gasteiger partial charge in [0.25, 0.3) is 0 Å². The first-order valence-electron chi connectivity index (χ1n) is 7.26. The summed E-state index contributed by atoms with van der Waals surface area (Å²) in [6.07, 6.45) is 0. The molecule has 1 atom stereocenters. The van der Waals surface area contributed by atoms with E-state index in [0.29, 0.717) is 12.0 Å². The lowest BCUT2D eigenvalue weighted by atomic mass is 9.96. The minimum Gasteiger partial charge on any atom is -0.496 e. The van der Waals surface area contributed by atoms with Gasteiger partial charge in [0.2, 0.25) is 0 Å². The molecule has 1 N–H and O–H groups in total. The number of hydrogen-bond donors (Lipinski definition) is 1. The van der Waals surface area contributed by atoms with E-state index >= 15 is 0 Å². The van der Waals surface area contributed by atoms with Crippen LogP contribution in [0.5, 0.6) is 5.75 Å². The van der Waals surface area contributed by atoms with Crippen molar-refractivity contribution >= 4 is 0 Å². The van der Waals surface area contributed by atoms with Crippen molar-refractivity contribution in [3.8, 4) is 5.75 Å². The van der Waals surface area contributed by atoms with E-state index in [1.807, 2.05) is 0 Å². The summed E-state index contributed by atoms with van der Waals surface area (Å²) in [4.78, 5) is 2.53. The molecule has 1 aromatic carbocycles. The Labute approximate surface area is 116 Å². The molecule has 0 aromatic heterocycles. The fraction of sp³-hybridized carbons (Fsp3) is 0.625. The summed E-state index contributed by atoms with van der Waals surface area (Å²) in [5, 5.41) is 3.41. The maximum Gasteiger partial charge on any atom is 0.123 e. The second-order valence-corrected chi connectivity index (χ2v) is 5.62. The van der Waals surface area contributed by atoms with Crippen molar-refractivity contribution in [2.24, 2.45) is 0 Å². The molecule has 0 amide bonds. The van der Waals surface area contributed by atoms with Crippen LogP contribution in [0.2, 0.25) is 0 Å². The molecule has 2 rings (SSSR count). The molecule has 0 aliphatic carbocycles. The Kier molecular flexibility index (Phi) is 4.83. The lowest BCUT2D eigenvalue weighted by Gasteiger charge is -2.34. The lowest BCUT2D eigenvalue weighted by Crippen LogP contribution is -2.44. The highest BCUT2D eigenvalue weighted by molar-refractivity contribution is 5.40. The monoisotopic (exact) mass is 262 g/mol. The second-order valence-electron chi connectivity index (χ2n) is 5.62. The number of hydrogen-bond acceptors (Lipinski definition) is 3. The van der Waals surface area contributed by atoms with Gasteiger partial charge in [-0.3, -0.25) is 4.90 Å². The largest absolute Gasteiger partial charge is 0.496 e. The highest BCUT2D eigenvalue weighted by atomic mass is 16.5. The SMILES string of the molecule is COc1ccc(C(C)C)cc1[C@@H](C)N1CCNCC1. The van der Waals surface area contributed by atoms with Crippen LogP contribution in [0.3, 0.4) is 0 Å². The van der Waals surface area contributed by atoms with Crippen molar-refractivity contribution in [1.82, 2.24) is 10.2 Å². The van der Waals surface area contributed by atoms with Crippen LogP contribution in [-0.4, -0.2) is 38.2 Å². The minimum absolute atomic E-state index is 0.413. The van der Waals surface area contributed by atoms with Gasteiger partial charge in [-0.25, -0.2) is 0 Å². The van der Waals surface area contributed by atoms with Crippen LogP contribution in [-0.2, 0) is 0 Å². The van der Waals surface area contributed by atoms with Gasteiger partial charge >= 0.3 is 0 Å². The summed E-state index contributed by atoms with van der Waals surface area (Å²) in [6.45, 7) is 11.1. The van der Waals surface area contributed by atoms with Gasteiger partial charge < -0.3 is 10.1 Å². The molecule has 0 unspecified atom stereocenters. The Morgan fingerprint density at radius 3 is 2.42 bits per heavy atom. The zero-order valence-electron chi connectivity index (χ0n) is 12.6. The molecule has 106 valence electrons. The first-order chi connectivity index (χ1) is 9.13. The molecule has 1 aliphatic rings. The Hall–Kier alpha value is -1.06. The normalized spacial score (nSPS) is 18.6. The Morgan fingerprint density at radius 1 is 1.16 bits per heavy atom. The molecule has 3 nitrogen and oxygen atoms in total. The fourth-order valence-electron chi connectivity index (χ4n) is 2.70.